The molecule has 8 nitrogen and oxygen atoms in total. The summed E-state index contributed by atoms with van der Waals surface area (Å²) < 4.78 is 28.0. The van der Waals surface area contributed by atoms with Gasteiger partial charge in [0.25, 0.3) is 5.56 Å². The monoisotopic (exact) mass is 317 g/mol. The Hall–Kier alpha value is -1.74. The fourth-order valence-corrected chi connectivity index (χ4v) is 2.60. The molecule has 1 N–H and O–H groups in total. The number of carbonyl (C=O) groups excluding carboxylic acids is 1. The standard InChI is InChI=1S/C12H19N3O5S/c1-12(2,3)9(16)6-13-21(19,20)8-7-14(4)11(18)15(5)10(8)17/h7,13H,6H2,1-5H3. The smallest absolute Gasteiger partial charge is 0.302 e. The van der Waals surface area contributed by atoms with Gasteiger partial charge >= 0.3 is 5.69 Å². The zero-order valence-electron chi connectivity index (χ0n) is 12.6. The van der Waals surface area contributed by atoms with E-state index in [4.69, 9.17) is 0 Å². The molecule has 1 rings (SSSR count). The number of Topliss-reactive ketones (excluding diaryl/α,β-unsaturated/α-hetero) is 1. The molecular formula is C12H19N3O5S. The SMILES string of the molecule is Cn1cc(S(=O)(=O)NCC(=O)C(C)(C)C)c(=O)n(C)c1=O. The molecule has 0 aromatic carbocycles. The molecule has 0 aliphatic rings. The number of nitrogens with zero attached hydrogens (tertiary/aromatic N) is 2. The van der Waals surface area contributed by atoms with Crippen molar-refractivity contribution in [2.24, 2.45) is 19.5 Å². The summed E-state index contributed by atoms with van der Waals surface area (Å²) >= 11 is 0. The molecule has 0 unspecified atom stereocenters. The summed E-state index contributed by atoms with van der Waals surface area (Å²) in [4.78, 5) is 34.6. The van der Waals surface area contributed by atoms with E-state index in [0.29, 0.717) is 4.57 Å². The van der Waals surface area contributed by atoms with Crippen molar-refractivity contribution in [3.63, 3.8) is 0 Å². The maximum absolute atomic E-state index is 12.1. The van der Waals surface area contributed by atoms with Crippen LogP contribution in [0, 0.1) is 5.41 Å². The highest BCUT2D eigenvalue weighted by Gasteiger charge is 2.26. The van der Waals surface area contributed by atoms with Crippen molar-refractivity contribution in [2.75, 3.05) is 6.54 Å². The van der Waals surface area contributed by atoms with Crippen LogP contribution >= 0.6 is 0 Å². The number of nitrogens with one attached hydrogen (secondary N) is 1. The predicted molar refractivity (Wildman–Crippen MR) is 76.6 cm³/mol. The average Bonchev–Trinajstić information content (AvgIpc) is 2.36. The summed E-state index contributed by atoms with van der Waals surface area (Å²) in [5.74, 6) is -0.312. The van der Waals surface area contributed by atoms with Crippen LogP contribution in [0.25, 0.3) is 0 Å². The van der Waals surface area contributed by atoms with Crippen LogP contribution in [0.4, 0.5) is 0 Å². The number of aryl methyl sites for hydroxylation is 1. The number of hydrogen-bond donors (Lipinski definition) is 1. The summed E-state index contributed by atoms with van der Waals surface area (Å²) in [6, 6.07) is 0. The topological polar surface area (TPSA) is 107 Å². The summed E-state index contributed by atoms with van der Waals surface area (Å²) in [6.45, 7) is 4.57. The molecule has 0 aliphatic heterocycles. The minimum absolute atomic E-state index is 0.312. The molecule has 0 bridgehead atoms. The first-order chi connectivity index (χ1) is 9.38. The minimum Gasteiger partial charge on any atom is -0.302 e. The lowest BCUT2D eigenvalue weighted by molar-refractivity contribution is -0.125. The Labute approximate surface area is 122 Å². The van der Waals surface area contributed by atoms with Gasteiger partial charge in [0.05, 0.1) is 6.54 Å². The first-order valence-corrected chi connectivity index (χ1v) is 7.66. The van der Waals surface area contributed by atoms with Crippen LogP contribution in [0.15, 0.2) is 20.7 Å². The number of sulfonamides is 1. The molecule has 0 spiro atoms. The molecule has 1 heterocycles. The van der Waals surface area contributed by atoms with Gasteiger partial charge in [0.1, 0.15) is 0 Å². The molecule has 0 fully saturated rings. The molecule has 0 amide bonds. The van der Waals surface area contributed by atoms with Gasteiger partial charge in [-0.1, -0.05) is 20.8 Å². The molecule has 0 radical (unpaired) electrons. The van der Waals surface area contributed by atoms with Gasteiger partial charge in [-0.15, -0.1) is 0 Å². The Balaban J connectivity index is 3.20. The third-order valence-corrected chi connectivity index (χ3v) is 4.35. The third-order valence-electron chi connectivity index (χ3n) is 2.96. The van der Waals surface area contributed by atoms with E-state index >= 15 is 0 Å². The minimum atomic E-state index is -4.17. The number of carbonyl (C=O) groups is 1. The van der Waals surface area contributed by atoms with Crippen LogP contribution in [-0.4, -0.2) is 29.9 Å². The molecule has 0 aliphatic carbocycles. The highest BCUT2D eigenvalue weighted by atomic mass is 32.2. The molecule has 0 saturated carbocycles. The molecule has 0 atom stereocenters. The molecule has 9 heteroatoms. The lowest BCUT2D eigenvalue weighted by Gasteiger charge is -2.16. The van der Waals surface area contributed by atoms with Crippen molar-refractivity contribution in [1.82, 2.24) is 13.9 Å². The van der Waals surface area contributed by atoms with E-state index in [-0.39, 0.29) is 5.78 Å². The van der Waals surface area contributed by atoms with Gasteiger partial charge in [-0.25, -0.2) is 17.9 Å². The van der Waals surface area contributed by atoms with Gasteiger partial charge in [0, 0.05) is 25.7 Å². The number of ketones is 1. The van der Waals surface area contributed by atoms with Crippen molar-refractivity contribution < 1.29 is 13.2 Å². The Bertz CT molecular complexity index is 781. The molecule has 118 valence electrons. The molecule has 0 saturated heterocycles. The fraction of sp³-hybridized carbons (Fsp3) is 0.583. The van der Waals surface area contributed by atoms with E-state index in [1.54, 1.807) is 20.8 Å². The summed E-state index contributed by atoms with van der Waals surface area (Å²) in [5, 5.41) is 0. The lowest BCUT2D eigenvalue weighted by Crippen LogP contribution is -2.43. The third kappa shape index (κ3) is 3.67. The Morgan fingerprint density at radius 3 is 2.24 bits per heavy atom. The van der Waals surface area contributed by atoms with Gasteiger partial charge < -0.3 is 4.57 Å². The Morgan fingerprint density at radius 1 is 1.24 bits per heavy atom. The van der Waals surface area contributed by atoms with Gasteiger partial charge in [0.2, 0.25) is 10.0 Å². The van der Waals surface area contributed by atoms with Crippen molar-refractivity contribution in [1.29, 1.82) is 0 Å². The first-order valence-electron chi connectivity index (χ1n) is 6.17. The van der Waals surface area contributed by atoms with Crippen molar-refractivity contribution in [3.8, 4) is 0 Å². The van der Waals surface area contributed by atoms with Crippen LogP contribution in [0.1, 0.15) is 20.8 Å². The highest BCUT2D eigenvalue weighted by Crippen LogP contribution is 2.14. The van der Waals surface area contributed by atoms with E-state index in [2.05, 4.69) is 4.72 Å². The summed E-state index contributed by atoms with van der Waals surface area (Å²) in [7, 11) is -1.65. The zero-order chi connectivity index (χ0) is 16.6. The average molecular weight is 317 g/mol. The van der Waals surface area contributed by atoms with Gasteiger partial charge in [-0.05, 0) is 0 Å². The maximum Gasteiger partial charge on any atom is 0.330 e. The second-order valence-electron chi connectivity index (χ2n) is 5.75. The normalized spacial score (nSPS) is 12.4. The lowest BCUT2D eigenvalue weighted by atomic mass is 9.91. The number of aromatic nitrogens is 2. The summed E-state index contributed by atoms with van der Waals surface area (Å²) in [5.41, 5.74) is -2.27. The largest absolute Gasteiger partial charge is 0.330 e. The first kappa shape index (κ1) is 17.3. The second kappa shape index (κ2) is 5.57. The summed E-state index contributed by atoms with van der Waals surface area (Å²) in [6.07, 6.45) is 0.939. The number of rotatable bonds is 4. The van der Waals surface area contributed by atoms with Crippen LogP contribution < -0.4 is 16.0 Å². The second-order valence-corrected chi connectivity index (χ2v) is 7.48. The van der Waals surface area contributed by atoms with Crippen molar-refractivity contribution >= 4 is 15.8 Å². The zero-order valence-corrected chi connectivity index (χ0v) is 13.4. The predicted octanol–water partition coefficient (Wildman–Crippen LogP) is -1.02. The van der Waals surface area contributed by atoms with E-state index in [0.717, 1.165) is 10.8 Å². The highest BCUT2D eigenvalue weighted by molar-refractivity contribution is 7.89. The number of hydrogen-bond acceptors (Lipinski definition) is 5. The fourth-order valence-electron chi connectivity index (χ4n) is 1.46. The van der Waals surface area contributed by atoms with E-state index in [9.17, 15) is 22.8 Å². The van der Waals surface area contributed by atoms with E-state index < -0.39 is 38.1 Å². The van der Waals surface area contributed by atoms with E-state index in [1.807, 2.05) is 0 Å². The van der Waals surface area contributed by atoms with Crippen LogP contribution in [-0.2, 0) is 28.9 Å². The van der Waals surface area contributed by atoms with Gasteiger partial charge in [-0.3, -0.25) is 14.2 Å². The van der Waals surface area contributed by atoms with E-state index in [1.165, 1.54) is 14.1 Å². The molecule has 21 heavy (non-hydrogen) atoms. The quantitative estimate of drug-likeness (QED) is 0.764. The van der Waals surface area contributed by atoms with Crippen LogP contribution in [0.5, 0.6) is 0 Å². The van der Waals surface area contributed by atoms with Crippen molar-refractivity contribution in [3.05, 3.63) is 27.0 Å². The van der Waals surface area contributed by atoms with Crippen LogP contribution in [0.3, 0.4) is 0 Å². The van der Waals surface area contributed by atoms with Crippen LogP contribution in [0.2, 0.25) is 0 Å². The van der Waals surface area contributed by atoms with Crippen molar-refractivity contribution in [2.45, 2.75) is 25.7 Å². The molecule has 1 aromatic heterocycles. The van der Waals surface area contributed by atoms with Gasteiger partial charge in [-0.2, -0.15) is 0 Å². The molecular weight excluding hydrogens is 298 g/mol. The Kier molecular flexibility index (Phi) is 4.59. The Morgan fingerprint density at radius 2 is 1.76 bits per heavy atom. The maximum atomic E-state index is 12.1. The van der Waals surface area contributed by atoms with Gasteiger partial charge in [0.15, 0.2) is 10.7 Å². The molecule has 1 aromatic rings.